The van der Waals surface area contributed by atoms with Crippen molar-refractivity contribution in [3.05, 3.63) is 50.5 Å². The molecule has 0 atom stereocenters. The fraction of sp³-hybridized carbons (Fsp3) is 0.333. The Balaban J connectivity index is 2.01. The number of benzene rings is 1. The van der Waals surface area contributed by atoms with E-state index in [9.17, 15) is 10.1 Å². The lowest BCUT2D eigenvalue weighted by molar-refractivity contribution is -0.385. The molecule has 1 aliphatic carbocycles. The molecule has 0 radical (unpaired) electrons. The van der Waals surface area contributed by atoms with Crippen LogP contribution in [0.1, 0.15) is 18.4 Å². The maximum Gasteiger partial charge on any atom is 0.283 e. The first-order chi connectivity index (χ1) is 8.16. The van der Waals surface area contributed by atoms with Crippen LogP contribution in [-0.4, -0.2) is 11.0 Å². The van der Waals surface area contributed by atoms with Crippen molar-refractivity contribution in [3.8, 4) is 0 Å². The molecule has 0 spiro atoms. The van der Waals surface area contributed by atoms with E-state index < -0.39 is 0 Å². The van der Waals surface area contributed by atoms with Crippen LogP contribution in [0.5, 0.6) is 0 Å². The second-order valence-corrected chi connectivity index (χ2v) is 4.92. The number of nitrogens with one attached hydrogen (secondary N) is 1. The average Bonchev–Trinajstić information content (AvgIpc) is 2.80. The molecule has 5 heteroatoms. The zero-order valence-electron chi connectivity index (χ0n) is 9.23. The van der Waals surface area contributed by atoms with Crippen LogP contribution in [0.15, 0.2) is 34.8 Å². The Morgan fingerprint density at radius 1 is 1.41 bits per heavy atom. The highest BCUT2D eigenvalue weighted by Crippen LogP contribution is 2.25. The molecule has 0 heterocycles. The molecular formula is C12H13BrN2O2. The number of halogens is 1. The highest BCUT2D eigenvalue weighted by atomic mass is 79.9. The van der Waals surface area contributed by atoms with Crippen molar-refractivity contribution < 1.29 is 4.92 Å². The molecule has 0 amide bonds. The molecule has 0 saturated carbocycles. The molecule has 1 N–H and O–H groups in total. The molecule has 90 valence electrons. The second kappa shape index (κ2) is 5.42. The molecule has 0 aromatic heterocycles. The summed E-state index contributed by atoms with van der Waals surface area (Å²) in [5, 5.41) is 14.2. The fourth-order valence-corrected chi connectivity index (χ4v) is 2.25. The molecule has 0 aliphatic heterocycles. The largest absolute Gasteiger partial charge is 0.309 e. The van der Waals surface area contributed by atoms with Gasteiger partial charge in [0.1, 0.15) is 0 Å². The molecular weight excluding hydrogens is 284 g/mol. The number of nitro benzene ring substituents is 1. The molecule has 0 bridgehead atoms. The van der Waals surface area contributed by atoms with Gasteiger partial charge in [-0.2, -0.15) is 0 Å². The molecule has 17 heavy (non-hydrogen) atoms. The lowest BCUT2D eigenvalue weighted by Gasteiger charge is -2.11. The maximum atomic E-state index is 10.8. The van der Waals surface area contributed by atoms with Crippen molar-refractivity contribution >= 4 is 21.6 Å². The normalized spacial score (nSPS) is 15.4. The summed E-state index contributed by atoms with van der Waals surface area (Å²) in [5.74, 6) is 0. The molecule has 1 aliphatic rings. The Labute approximate surface area is 108 Å². The van der Waals surface area contributed by atoms with Gasteiger partial charge in [0, 0.05) is 18.7 Å². The van der Waals surface area contributed by atoms with Crippen molar-refractivity contribution in [1.29, 1.82) is 0 Å². The summed E-state index contributed by atoms with van der Waals surface area (Å²) in [7, 11) is 0. The summed E-state index contributed by atoms with van der Waals surface area (Å²) in [4.78, 5) is 10.4. The van der Waals surface area contributed by atoms with Gasteiger partial charge in [-0.3, -0.25) is 10.1 Å². The fourth-order valence-electron chi connectivity index (χ4n) is 1.85. The van der Waals surface area contributed by atoms with Crippen LogP contribution in [0.2, 0.25) is 0 Å². The number of hydrogen-bond acceptors (Lipinski definition) is 3. The van der Waals surface area contributed by atoms with Gasteiger partial charge in [-0.25, -0.2) is 0 Å². The molecule has 0 saturated heterocycles. The van der Waals surface area contributed by atoms with Crippen LogP contribution in [0.3, 0.4) is 0 Å². The highest BCUT2D eigenvalue weighted by molar-refractivity contribution is 9.10. The van der Waals surface area contributed by atoms with E-state index in [0.29, 0.717) is 17.1 Å². The van der Waals surface area contributed by atoms with Gasteiger partial charge in [0.05, 0.1) is 9.40 Å². The molecule has 0 fully saturated rings. The lowest BCUT2D eigenvalue weighted by Crippen LogP contribution is -2.25. The first-order valence-corrected chi connectivity index (χ1v) is 6.27. The van der Waals surface area contributed by atoms with Crippen LogP contribution in [-0.2, 0) is 6.54 Å². The number of rotatable bonds is 4. The van der Waals surface area contributed by atoms with Crippen LogP contribution in [0, 0.1) is 10.1 Å². The first-order valence-electron chi connectivity index (χ1n) is 5.48. The van der Waals surface area contributed by atoms with Crippen LogP contribution in [0.25, 0.3) is 0 Å². The first kappa shape index (κ1) is 12.3. The third-order valence-corrected chi connectivity index (χ3v) is 3.48. The summed E-state index contributed by atoms with van der Waals surface area (Å²) in [6.45, 7) is 0.667. The Morgan fingerprint density at radius 3 is 2.76 bits per heavy atom. The van der Waals surface area contributed by atoms with Crippen molar-refractivity contribution in [1.82, 2.24) is 5.32 Å². The predicted molar refractivity (Wildman–Crippen MR) is 69.8 cm³/mol. The van der Waals surface area contributed by atoms with Gasteiger partial charge >= 0.3 is 0 Å². The summed E-state index contributed by atoms with van der Waals surface area (Å²) in [6.07, 6.45) is 6.39. The Morgan fingerprint density at radius 2 is 2.12 bits per heavy atom. The summed E-state index contributed by atoms with van der Waals surface area (Å²) in [6, 6.07) is 5.70. The molecule has 0 unspecified atom stereocenters. The van der Waals surface area contributed by atoms with Crippen molar-refractivity contribution in [3.63, 3.8) is 0 Å². The zero-order valence-corrected chi connectivity index (χ0v) is 10.8. The minimum atomic E-state index is -0.370. The minimum Gasteiger partial charge on any atom is -0.309 e. The van der Waals surface area contributed by atoms with Crippen molar-refractivity contribution in [2.45, 2.75) is 25.4 Å². The number of nitro groups is 1. The van der Waals surface area contributed by atoms with E-state index in [1.54, 1.807) is 12.1 Å². The summed E-state index contributed by atoms with van der Waals surface area (Å²) < 4.78 is 0.522. The topological polar surface area (TPSA) is 55.2 Å². The van der Waals surface area contributed by atoms with Crippen LogP contribution >= 0.6 is 15.9 Å². The van der Waals surface area contributed by atoms with Crippen molar-refractivity contribution in [2.24, 2.45) is 0 Å². The van der Waals surface area contributed by atoms with Gasteiger partial charge in [0.2, 0.25) is 0 Å². The Bertz CT molecular complexity index is 452. The van der Waals surface area contributed by atoms with E-state index >= 15 is 0 Å². The van der Waals surface area contributed by atoms with E-state index in [0.717, 1.165) is 18.4 Å². The number of nitrogens with zero attached hydrogens (tertiary/aromatic N) is 1. The molecule has 2 rings (SSSR count). The maximum absolute atomic E-state index is 10.8. The van der Waals surface area contributed by atoms with E-state index in [1.165, 1.54) is 0 Å². The number of hydrogen-bond donors (Lipinski definition) is 1. The SMILES string of the molecule is O=[N+]([O-])c1cc(CNC2CC=CC2)ccc1Br. The van der Waals surface area contributed by atoms with E-state index in [4.69, 9.17) is 0 Å². The van der Waals surface area contributed by atoms with Crippen molar-refractivity contribution in [2.75, 3.05) is 0 Å². The predicted octanol–water partition coefficient (Wildman–Crippen LogP) is 3.17. The van der Waals surface area contributed by atoms with Crippen LogP contribution < -0.4 is 5.32 Å². The average molecular weight is 297 g/mol. The van der Waals surface area contributed by atoms with E-state index in [-0.39, 0.29) is 10.6 Å². The zero-order chi connectivity index (χ0) is 12.3. The van der Waals surface area contributed by atoms with Gasteiger partial charge in [-0.05, 0) is 40.4 Å². The monoisotopic (exact) mass is 296 g/mol. The Kier molecular flexibility index (Phi) is 3.91. The smallest absolute Gasteiger partial charge is 0.283 e. The van der Waals surface area contributed by atoms with Gasteiger partial charge in [-0.15, -0.1) is 0 Å². The molecule has 1 aromatic rings. The van der Waals surface area contributed by atoms with Gasteiger partial charge < -0.3 is 5.32 Å². The van der Waals surface area contributed by atoms with E-state index in [1.807, 2.05) is 6.07 Å². The second-order valence-electron chi connectivity index (χ2n) is 4.06. The molecule has 1 aromatic carbocycles. The standard InChI is InChI=1S/C12H13BrN2O2/c13-11-6-5-9(7-12(11)15(16)17)8-14-10-3-1-2-4-10/h1-2,5-7,10,14H,3-4,8H2. The summed E-state index contributed by atoms with van der Waals surface area (Å²) in [5.41, 5.74) is 1.06. The van der Waals surface area contributed by atoms with Crippen LogP contribution in [0.4, 0.5) is 5.69 Å². The molecule has 4 nitrogen and oxygen atoms in total. The Hall–Kier alpha value is -1.20. The van der Waals surface area contributed by atoms with Gasteiger partial charge in [0.25, 0.3) is 5.69 Å². The van der Waals surface area contributed by atoms with Gasteiger partial charge in [-0.1, -0.05) is 18.2 Å². The third kappa shape index (κ3) is 3.14. The quantitative estimate of drug-likeness (QED) is 0.527. The third-order valence-electron chi connectivity index (χ3n) is 2.81. The minimum absolute atomic E-state index is 0.119. The highest BCUT2D eigenvalue weighted by Gasteiger charge is 2.13. The van der Waals surface area contributed by atoms with Gasteiger partial charge in [0.15, 0.2) is 0 Å². The summed E-state index contributed by atoms with van der Waals surface area (Å²) >= 11 is 3.18. The lowest BCUT2D eigenvalue weighted by atomic mass is 10.1. The van der Waals surface area contributed by atoms with E-state index in [2.05, 4.69) is 33.4 Å².